The number of thioether (sulfide) groups is 1. The van der Waals surface area contributed by atoms with Crippen molar-refractivity contribution >= 4 is 29.4 Å². The summed E-state index contributed by atoms with van der Waals surface area (Å²) in [7, 11) is 0. The molecule has 0 aliphatic rings. The molecule has 3 aromatic carbocycles. The zero-order valence-corrected chi connectivity index (χ0v) is 22.3. The van der Waals surface area contributed by atoms with Gasteiger partial charge < -0.3 is 19.3 Å². The van der Waals surface area contributed by atoms with Crippen molar-refractivity contribution in [3.05, 3.63) is 96.6 Å². The van der Waals surface area contributed by atoms with Crippen molar-refractivity contribution < 1.29 is 34.1 Å². The number of nitrogens with one attached hydrogen (secondary N) is 2. The van der Waals surface area contributed by atoms with Gasteiger partial charge in [0, 0.05) is 22.2 Å². The molecule has 0 aliphatic heterocycles. The molecule has 39 heavy (non-hydrogen) atoms. The quantitative estimate of drug-likeness (QED) is 0.0912. The van der Waals surface area contributed by atoms with E-state index in [4.69, 9.17) is 19.4 Å². The highest BCUT2D eigenvalue weighted by molar-refractivity contribution is 7.98. The third kappa shape index (κ3) is 9.68. The van der Waals surface area contributed by atoms with Crippen LogP contribution in [0.2, 0.25) is 0 Å². The summed E-state index contributed by atoms with van der Waals surface area (Å²) in [6, 6.07) is 23.5. The fourth-order valence-electron chi connectivity index (χ4n) is 3.71. The summed E-state index contributed by atoms with van der Waals surface area (Å²) in [5.74, 6) is 0.346. The van der Waals surface area contributed by atoms with E-state index in [0.29, 0.717) is 35.6 Å². The number of hydrogen-bond acceptors (Lipinski definition) is 8. The Balaban J connectivity index is 1.93. The largest absolute Gasteiger partial charge is 0.491 e. The molecule has 10 heteroatoms. The molecule has 2 atom stereocenters. The van der Waals surface area contributed by atoms with Gasteiger partial charge in [-0.15, -0.1) is 11.8 Å². The predicted octanol–water partition coefficient (Wildman–Crippen LogP) is 5.36. The zero-order valence-electron chi connectivity index (χ0n) is 21.5. The number of carbonyl (C=O) groups excluding carboxylic acids is 2. The van der Waals surface area contributed by atoms with Gasteiger partial charge in [0.25, 0.3) is 5.91 Å². The second-order valence-electron chi connectivity index (χ2n) is 8.21. The monoisotopic (exact) mass is 552 g/mol. The Morgan fingerprint density at radius 2 is 1.72 bits per heavy atom. The molecule has 0 unspecified atom stereocenters. The molecule has 0 aromatic heterocycles. The maximum Gasteiger partial charge on any atom is 0.412 e. The summed E-state index contributed by atoms with van der Waals surface area (Å²) >= 11 is 1.59. The van der Waals surface area contributed by atoms with E-state index >= 15 is 0 Å². The van der Waals surface area contributed by atoms with Gasteiger partial charge in [0.15, 0.2) is 6.10 Å². The molecule has 0 saturated carbocycles. The van der Waals surface area contributed by atoms with Crippen molar-refractivity contribution in [3.8, 4) is 11.5 Å². The number of allylic oxidation sites excluding steroid dienone is 1. The molecular formula is C29H32N2O7S. The molecule has 0 radical (unpaired) electrons. The van der Waals surface area contributed by atoms with Crippen LogP contribution in [0.25, 0.3) is 0 Å². The molecule has 0 heterocycles. The van der Waals surface area contributed by atoms with Crippen molar-refractivity contribution in [2.75, 3.05) is 24.8 Å². The van der Waals surface area contributed by atoms with Crippen molar-refractivity contribution in [2.45, 2.75) is 29.9 Å². The third-order valence-electron chi connectivity index (χ3n) is 5.51. The highest BCUT2D eigenvalue weighted by atomic mass is 32.2. The van der Waals surface area contributed by atoms with E-state index in [1.807, 2.05) is 36.6 Å². The van der Waals surface area contributed by atoms with Crippen LogP contribution in [0.4, 0.5) is 10.5 Å². The first-order valence-corrected chi connectivity index (χ1v) is 13.5. The zero-order chi connectivity index (χ0) is 27.9. The van der Waals surface area contributed by atoms with Crippen LogP contribution in [0.1, 0.15) is 24.5 Å². The predicted molar refractivity (Wildman–Crippen MR) is 149 cm³/mol. The Morgan fingerprint density at radius 3 is 2.41 bits per heavy atom. The number of ether oxygens (including phenoxy) is 3. The summed E-state index contributed by atoms with van der Waals surface area (Å²) in [6.45, 7) is -0.130. The number of benzene rings is 3. The average molecular weight is 553 g/mol. The summed E-state index contributed by atoms with van der Waals surface area (Å²) < 4.78 is 18.0. The fraction of sp³-hybridized carbons (Fsp3) is 0.241. The molecule has 3 rings (SSSR count). The number of amides is 2. The molecule has 3 aromatic rings. The van der Waals surface area contributed by atoms with Crippen LogP contribution >= 0.6 is 11.8 Å². The second-order valence-corrected chi connectivity index (χ2v) is 9.09. The van der Waals surface area contributed by atoms with E-state index in [-0.39, 0.29) is 13.2 Å². The highest BCUT2D eigenvalue weighted by Gasteiger charge is 2.31. The third-order valence-corrected chi connectivity index (χ3v) is 6.25. The van der Waals surface area contributed by atoms with Crippen LogP contribution in [-0.4, -0.2) is 47.9 Å². The Kier molecular flexibility index (Phi) is 12.2. The number of hydroxylamine groups is 1. The molecular weight excluding hydrogens is 520 g/mol. The normalized spacial score (nSPS) is 12.4. The van der Waals surface area contributed by atoms with E-state index < -0.39 is 24.2 Å². The first-order chi connectivity index (χ1) is 19.0. The number of rotatable bonds is 14. The summed E-state index contributed by atoms with van der Waals surface area (Å²) in [4.78, 5) is 25.6. The molecule has 9 nitrogen and oxygen atoms in total. The fourth-order valence-corrected chi connectivity index (χ4v) is 4.12. The maximum absolute atomic E-state index is 13.1. The first kappa shape index (κ1) is 29.6. The van der Waals surface area contributed by atoms with Crippen LogP contribution < -0.4 is 20.3 Å². The first-order valence-electron chi connectivity index (χ1n) is 12.3. The molecule has 0 spiro atoms. The minimum atomic E-state index is -0.925. The summed E-state index contributed by atoms with van der Waals surface area (Å²) in [5.41, 5.74) is 2.67. The van der Waals surface area contributed by atoms with Crippen LogP contribution in [0.15, 0.2) is 95.9 Å². The lowest BCUT2D eigenvalue weighted by Crippen LogP contribution is -2.31. The number of aliphatic hydroxyl groups is 1. The minimum absolute atomic E-state index is 0.0565. The number of para-hydroxylation sites is 2. The van der Waals surface area contributed by atoms with Crippen molar-refractivity contribution in [1.29, 1.82) is 0 Å². The standard InChI is InChI=1S/C29H32N2O7S/c1-39-23-17-15-21(16-18-23)30-29(34)38-28(24-11-5-6-12-25(24)36-20-19-32)26(13-7-8-14-27(33)31-35)37-22-9-3-2-4-10-22/h2-6,8-12,14-18,26,28,32,35H,7,13,19-20H2,1H3,(H,30,34)(H,31,33)/b14-8+/t26-,28-/m0/s1. The topological polar surface area (TPSA) is 126 Å². The van der Waals surface area contributed by atoms with Crippen LogP contribution in [0.3, 0.4) is 0 Å². The van der Waals surface area contributed by atoms with Gasteiger partial charge in [-0.3, -0.25) is 15.3 Å². The van der Waals surface area contributed by atoms with E-state index in [0.717, 1.165) is 4.90 Å². The lowest BCUT2D eigenvalue weighted by Gasteiger charge is -2.29. The Bertz CT molecular complexity index is 1210. The molecule has 0 saturated heterocycles. The van der Waals surface area contributed by atoms with E-state index in [1.54, 1.807) is 71.8 Å². The van der Waals surface area contributed by atoms with E-state index in [9.17, 15) is 14.7 Å². The molecule has 2 amide bonds. The molecule has 0 aliphatic carbocycles. The van der Waals surface area contributed by atoms with Crippen molar-refractivity contribution in [2.24, 2.45) is 0 Å². The van der Waals surface area contributed by atoms with Gasteiger partial charge in [0.05, 0.1) is 6.61 Å². The second kappa shape index (κ2) is 16.1. The van der Waals surface area contributed by atoms with Crippen LogP contribution in [0.5, 0.6) is 11.5 Å². The Morgan fingerprint density at radius 1 is 1.00 bits per heavy atom. The maximum atomic E-state index is 13.1. The summed E-state index contributed by atoms with van der Waals surface area (Å²) in [6.07, 6.45) is 3.18. The van der Waals surface area contributed by atoms with Gasteiger partial charge in [-0.2, -0.15) is 0 Å². The smallest absolute Gasteiger partial charge is 0.412 e. The van der Waals surface area contributed by atoms with Gasteiger partial charge in [-0.05, 0) is 61.6 Å². The average Bonchev–Trinajstić information content (AvgIpc) is 2.97. The molecule has 206 valence electrons. The minimum Gasteiger partial charge on any atom is -0.491 e. The van der Waals surface area contributed by atoms with Crippen molar-refractivity contribution in [3.63, 3.8) is 0 Å². The van der Waals surface area contributed by atoms with Gasteiger partial charge in [-0.25, -0.2) is 10.3 Å². The Labute approximate surface area is 231 Å². The Hall–Kier alpha value is -3.99. The van der Waals surface area contributed by atoms with Gasteiger partial charge in [-0.1, -0.05) is 42.5 Å². The van der Waals surface area contributed by atoms with E-state index in [1.165, 1.54) is 6.08 Å². The SMILES string of the molecule is CSc1ccc(NC(=O)O[C@@H](c2ccccc2OCCO)[C@H](CC/C=C/C(=O)NO)Oc2ccccc2)cc1. The highest BCUT2D eigenvalue weighted by Crippen LogP contribution is 2.34. The van der Waals surface area contributed by atoms with E-state index in [2.05, 4.69) is 5.32 Å². The van der Waals surface area contributed by atoms with Crippen molar-refractivity contribution in [1.82, 2.24) is 5.48 Å². The molecule has 0 bridgehead atoms. The molecule has 0 fully saturated rings. The van der Waals surface area contributed by atoms with Crippen LogP contribution in [0, 0.1) is 0 Å². The number of anilines is 1. The van der Waals surface area contributed by atoms with Crippen LogP contribution in [-0.2, 0) is 9.53 Å². The number of hydrogen-bond donors (Lipinski definition) is 4. The van der Waals surface area contributed by atoms with Gasteiger partial charge in [0.2, 0.25) is 0 Å². The number of carbonyl (C=O) groups is 2. The lowest BCUT2D eigenvalue weighted by molar-refractivity contribution is -0.124. The molecule has 4 N–H and O–H groups in total. The lowest BCUT2D eigenvalue weighted by atomic mass is 9.99. The number of aliphatic hydroxyl groups excluding tert-OH is 1. The summed E-state index contributed by atoms with van der Waals surface area (Å²) in [5, 5.41) is 20.8. The van der Waals surface area contributed by atoms with Gasteiger partial charge >= 0.3 is 6.09 Å². The van der Waals surface area contributed by atoms with Gasteiger partial charge in [0.1, 0.15) is 24.2 Å².